The number of carbonyl (C=O) groups is 1. The summed E-state index contributed by atoms with van der Waals surface area (Å²) in [5.74, 6) is -0.591. The lowest BCUT2D eigenvalue weighted by molar-refractivity contribution is 0.102. The molecule has 12 heteroatoms. The van der Waals surface area contributed by atoms with E-state index in [1.807, 2.05) is 0 Å². The molecular formula is C20H21N5O5S2. The number of benzene rings is 2. The number of aromatic nitrogens is 2. The third-order valence-corrected chi connectivity index (χ3v) is 6.96. The normalized spacial score (nSPS) is 11.6. The summed E-state index contributed by atoms with van der Waals surface area (Å²) >= 11 is 0. The zero-order valence-corrected chi connectivity index (χ0v) is 19.1. The summed E-state index contributed by atoms with van der Waals surface area (Å²) in [6.07, 6.45) is 2.48. The predicted molar refractivity (Wildman–Crippen MR) is 122 cm³/mol. The Morgan fingerprint density at radius 1 is 0.969 bits per heavy atom. The lowest BCUT2D eigenvalue weighted by atomic mass is 10.1. The van der Waals surface area contributed by atoms with Gasteiger partial charge in [-0.15, -0.1) is 0 Å². The van der Waals surface area contributed by atoms with Gasteiger partial charge in [-0.25, -0.2) is 31.5 Å². The summed E-state index contributed by atoms with van der Waals surface area (Å²) < 4.78 is 52.1. The topological polar surface area (TPSA) is 138 Å². The Morgan fingerprint density at radius 3 is 2.25 bits per heavy atom. The summed E-state index contributed by atoms with van der Waals surface area (Å²) in [7, 11) is -6.14. The average Bonchev–Trinajstić information content (AvgIpc) is 2.72. The van der Waals surface area contributed by atoms with Crippen molar-refractivity contribution >= 4 is 43.3 Å². The molecular weight excluding hydrogens is 454 g/mol. The van der Waals surface area contributed by atoms with Crippen LogP contribution in [0.3, 0.4) is 0 Å². The Hall–Kier alpha value is -3.51. The first kappa shape index (κ1) is 23.2. The molecule has 3 aromatic rings. The summed E-state index contributed by atoms with van der Waals surface area (Å²) in [5, 5.41) is 2.64. The van der Waals surface area contributed by atoms with Crippen LogP contribution in [0.5, 0.6) is 0 Å². The number of aryl methyl sites for hydroxylation is 1. The quantitative estimate of drug-likeness (QED) is 0.534. The number of sulfonamides is 2. The van der Waals surface area contributed by atoms with Gasteiger partial charge in [-0.2, -0.15) is 0 Å². The highest BCUT2D eigenvalue weighted by molar-refractivity contribution is 7.92. The van der Waals surface area contributed by atoms with Crippen LogP contribution >= 0.6 is 0 Å². The maximum Gasteiger partial charge on any atom is 0.264 e. The molecule has 0 bridgehead atoms. The molecule has 0 aliphatic rings. The van der Waals surface area contributed by atoms with E-state index in [0.29, 0.717) is 11.4 Å². The highest BCUT2D eigenvalue weighted by Crippen LogP contribution is 2.23. The Kier molecular flexibility index (Phi) is 6.46. The van der Waals surface area contributed by atoms with E-state index in [0.717, 1.165) is 10.6 Å². The number of rotatable bonds is 7. The minimum absolute atomic E-state index is 0.0437. The fourth-order valence-electron chi connectivity index (χ4n) is 2.71. The van der Waals surface area contributed by atoms with Crippen LogP contribution in [0.2, 0.25) is 0 Å². The van der Waals surface area contributed by atoms with E-state index < -0.39 is 26.0 Å². The first-order valence-electron chi connectivity index (χ1n) is 9.24. The monoisotopic (exact) mass is 475 g/mol. The highest BCUT2D eigenvalue weighted by Gasteiger charge is 2.20. The molecule has 0 saturated carbocycles. The first-order chi connectivity index (χ1) is 15.0. The largest absolute Gasteiger partial charge is 0.322 e. The van der Waals surface area contributed by atoms with Crippen LogP contribution in [-0.4, -0.2) is 46.0 Å². The van der Waals surface area contributed by atoms with Gasteiger partial charge in [0, 0.05) is 24.6 Å². The number of anilines is 3. The van der Waals surface area contributed by atoms with Crippen LogP contribution in [0.25, 0.3) is 0 Å². The van der Waals surface area contributed by atoms with Crippen molar-refractivity contribution in [3.05, 3.63) is 72.1 Å². The zero-order valence-electron chi connectivity index (χ0n) is 17.5. The molecule has 0 unspecified atom stereocenters. The van der Waals surface area contributed by atoms with Crippen molar-refractivity contribution in [2.24, 2.45) is 0 Å². The fourth-order valence-corrected chi connectivity index (χ4v) is 4.18. The molecule has 0 radical (unpaired) electrons. The van der Waals surface area contributed by atoms with Gasteiger partial charge in [0.05, 0.1) is 22.4 Å². The minimum Gasteiger partial charge on any atom is -0.322 e. The van der Waals surface area contributed by atoms with Crippen LogP contribution in [0, 0.1) is 6.92 Å². The van der Waals surface area contributed by atoms with Crippen molar-refractivity contribution in [1.82, 2.24) is 9.97 Å². The number of carbonyl (C=O) groups excluding carboxylic acids is 1. The van der Waals surface area contributed by atoms with Crippen LogP contribution < -0.4 is 14.3 Å². The van der Waals surface area contributed by atoms with E-state index in [1.165, 1.54) is 49.6 Å². The summed E-state index contributed by atoms with van der Waals surface area (Å²) in [6.45, 7) is 1.71. The molecule has 1 aromatic heterocycles. The van der Waals surface area contributed by atoms with E-state index in [4.69, 9.17) is 0 Å². The van der Waals surface area contributed by atoms with Crippen LogP contribution in [-0.2, 0) is 20.0 Å². The fraction of sp³-hybridized carbons (Fsp3) is 0.150. The highest BCUT2D eigenvalue weighted by atomic mass is 32.2. The smallest absolute Gasteiger partial charge is 0.264 e. The van der Waals surface area contributed by atoms with Gasteiger partial charge in [0.15, 0.2) is 0 Å². The molecule has 1 heterocycles. The van der Waals surface area contributed by atoms with E-state index >= 15 is 0 Å². The van der Waals surface area contributed by atoms with E-state index in [9.17, 15) is 21.6 Å². The second-order valence-electron chi connectivity index (χ2n) is 6.85. The van der Waals surface area contributed by atoms with Crippen molar-refractivity contribution in [3.63, 3.8) is 0 Å². The molecule has 2 aromatic carbocycles. The number of amides is 1. The summed E-state index contributed by atoms with van der Waals surface area (Å²) in [4.78, 5) is 20.6. The van der Waals surface area contributed by atoms with Crippen molar-refractivity contribution in [1.29, 1.82) is 0 Å². The second kappa shape index (κ2) is 8.93. The van der Waals surface area contributed by atoms with Gasteiger partial charge in [0.1, 0.15) is 0 Å². The minimum atomic E-state index is -3.92. The van der Waals surface area contributed by atoms with Crippen molar-refractivity contribution < 1.29 is 21.6 Å². The Balaban J connectivity index is 1.79. The number of nitrogens with one attached hydrogen (secondary N) is 2. The third kappa shape index (κ3) is 5.39. The van der Waals surface area contributed by atoms with Gasteiger partial charge in [-0.3, -0.25) is 9.10 Å². The predicted octanol–water partition coefficient (Wildman–Crippen LogP) is 2.23. The molecule has 32 heavy (non-hydrogen) atoms. The SMILES string of the molecule is Cc1ccnc(NS(=O)(=O)c2ccc(NC(=O)c3ccccc3N(C)S(C)(=O)=O)cc2)n1. The molecule has 10 nitrogen and oxygen atoms in total. The molecule has 1 amide bonds. The van der Waals surface area contributed by atoms with Crippen molar-refractivity contribution in [2.75, 3.05) is 27.6 Å². The number of para-hydroxylation sites is 1. The maximum atomic E-state index is 12.7. The molecule has 0 aliphatic heterocycles. The number of nitrogens with zero attached hydrogens (tertiary/aromatic N) is 3. The maximum absolute atomic E-state index is 12.7. The number of hydrogen-bond acceptors (Lipinski definition) is 7. The molecule has 0 aliphatic carbocycles. The molecule has 168 valence electrons. The molecule has 3 rings (SSSR count). The van der Waals surface area contributed by atoms with Gasteiger partial charge in [-0.05, 0) is 49.4 Å². The van der Waals surface area contributed by atoms with Gasteiger partial charge >= 0.3 is 0 Å². The van der Waals surface area contributed by atoms with Gasteiger partial charge in [0.25, 0.3) is 15.9 Å². The van der Waals surface area contributed by atoms with Crippen molar-refractivity contribution in [2.45, 2.75) is 11.8 Å². The molecule has 0 atom stereocenters. The summed E-state index contributed by atoms with van der Waals surface area (Å²) in [6, 6.07) is 13.4. The lowest BCUT2D eigenvalue weighted by Crippen LogP contribution is -2.27. The first-order valence-corrected chi connectivity index (χ1v) is 12.6. The standard InChI is InChI=1S/C20H21N5O5S2/c1-14-12-13-21-20(22-14)24-32(29,30)16-10-8-15(9-11-16)23-19(26)17-6-4-5-7-18(17)25(2)31(3,27)28/h4-13H,1-3H3,(H,23,26)(H,21,22,24). The van der Waals surface area contributed by atoms with E-state index in [-0.39, 0.29) is 22.1 Å². The Bertz CT molecular complexity index is 1360. The van der Waals surface area contributed by atoms with Crippen molar-refractivity contribution in [3.8, 4) is 0 Å². The molecule has 2 N–H and O–H groups in total. The van der Waals surface area contributed by atoms with Gasteiger partial charge in [0.2, 0.25) is 16.0 Å². The zero-order chi connectivity index (χ0) is 23.5. The van der Waals surface area contributed by atoms with Crippen LogP contribution in [0.15, 0.2) is 65.7 Å². The second-order valence-corrected chi connectivity index (χ2v) is 10.5. The molecule has 0 fully saturated rings. The molecule has 0 spiro atoms. The van der Waals surface area contributed by atoms with Crippen LogP contribution in [0.1, 0.15) is 16.1 Å². The lowest BCUT2D eigenvalue weighted by Gasteiger charge is -2.19. The number of hydrogen-bond donors (Lipinski definition) is 2. The van der Waals surface area contributed by atoms with Gasteiger partial charge in [-0.1, -0.05) is 12.1 Å². The van der Waals surface area contributed by atoms with Crippen LogP contribution in [0.4, 0.5) is 17.3 Å². The third-order valence-electron chi connectivity index (χ3n) is 4.43. The van der Waals surface area contributed by atoms with Gasteiger partial charge < -0.3 is 5.32 Å². The van der Waals surface area contributed by atoms with E-state index in [1.54, 1.807) is 25.1 Å². The van der Waals surface area contributed by atoms with E-state index in [2.05, 4.69) is 20.0 Å². The molecule has 0 saturated heterocycles. The Labute approximate surface area is 186 Å². The Morgan fingerprint density at radius 2 is 1.62 bits per heavy atom. The average molecular weight is 476 g/mol. The summed E-state index contributed by atoms with van der Waals surface area (Å²) in [5.41, 5.74) is 1.31.